The van der Waals surface area contributed by atoms with Crippen LogP contribution in [0.25, 0.3) is 0 Å². The van der Waals surface area contributed by atoms with Crippen LogP contribution < -0.4 is 5.73 Å². The molecule has 16 heavy (non-hydrogen) atoms. The summed E-state index contributed by atoms with van der Waals surface area (Å²) in [5, 5.41) is 9.12. The van der Waals surface area contributed by atoms with Crippen LogP contribution in [0, 0.1) is 0 Å². The van der Waals surface area contributed by atoms with Gasteiger partial charge in [-0.2, -0.15) is 0 Å². The number of thioether (sulfide) groups is 1. The highest BCUT2D eigenvalue weighted by atomic mass is 32.2. The number of nitrogens with two attached hydrogens (primary N) is 1. The number of carbonyl (C=O) groups excluding carboxylic acids is 1. The molecule has 0 saturated heterocycles. The van der Waals surface area contributed by atoms with Crippen LogP contribution in [0.1, 0.15) is 10.4 Å². The Balaban J connectivity index is 2.85. The first-order valence-electron chi connectivity index (χ1n) is 4.23. The van der Waals surface area contributed by atoms with Gasteiger partial charge in [0.05, 0.1) is 24.1 Å². The van der Waals surface area contributed by atoms with Crippen LogP contribution in [0.4, 0.5) is 5.69 Å². The van der Waals surface area contributed by atoms with E-state index in [1.165, 1.54) is 19.4 Å². The van der Waals surface area contributed by atoms with Gasteiger partial charge in [0.15, 0.2) is 0 Å². The fraction of sp³-hybridized carbons (Fsp3) is 0.222. The third-order valence-corrected chi connectivity index (χ3v) is 2.72. The minimum atomic E-state index is -1.13. The molecule has 0 fully saturated rings. The number of carboxylic acid groups (broad SMARTS) is 1. The lowest BCUT2D eigenvalue weighted by Gasteiger charge is -2.05. The van der Waals surface area contributed by atoms with E-state index in [2.05, 4.69) is 9.72 Å². The van der Waals surface area contributed by atoms with Crippen LogP contribution in [-0.2, 0) is 9.53 Å². The van der Waals surface area contributed by atoms with Crippen molar-refractivity contribution in [1.29, 1.82) is 0 Å². The lowest BCUT2D eigenvalue weighted by atomic mass is 10.2. The van der Waals surface area contributed by atoms with E-state index in [0.717, 1.165) is 11.8 Å². The van der Waals surface area contributed by atoms with Crippen molar-refractivity contribution in [3.63, 3.8) is 0 Å². The number of methoxy groups -OCH3 is 1. The average Bonchev–Trinajstić information content (AvgIpc) is 2.26. The number of ether oxygens (including phenoxy) is 1. The van der Waals surface area contributed by atoms with Crippen molar-refractivity contribution < 1.29 is 19.4 Å². The van der Waals surface area contributed by atoms with Gasteiger partial charge in [0, 0.05) is 6.20 Å². The van der Waals surface area contributed by atoms with Gasteiger partial charge in [-0.25, -0.2) is 9.78 Å². The van der Waals surface area contributed by atoms with E-state index in [4.69, 9.17) is 10.8 Å². The number of hydrogen-bond donors (Lipinski definition) is 2. The van der Waals surface area contributed by atoms with Gasteiger partial charge in [-0.05, 0) is 6.07 Å². The molecule has 1 heterocycles. The predicted octanol–water partition coefficient (Wildman–Crippen LogP) is 0.627. The van der Waals surface area contributed by atoms with Crippen LogP contribution in [0.15, 0.2) is 17.3 Å². The highest BCUT2D eigenvalue weighted by molar-refractivity contribution is 8.00. The van der Waals surface area contributed by atoms with Crippen LogP contribution in [0.3, 0.4) is 0 Å². The van der Waals surface area contributed by atoms with Gasteiger partial charge in [0.1, 0.15) is 5.03 Å². The summed E-state index contributed by atoms with van der Waals surface area (Å²) in [6.45, 7) is 0. The molecule has 1 rings (SSSR count). The van der Waals surface area contributed by atoms with Crippen molar-refractivity contribution in [1.82, 2.24) is 4.98 Å². The van der Waals surface area contributed by atoms with Crippen LogP contribution in [0.5, 0.6) is 0 Å². The summed E-state index contributed by atoms with van der Waals surface area (Å²) in [6, 6.07) is 1.31. The molecule has 7 heteroatoms. The van der Waals surface area contributed by atoms with Crippen LogP contribution >= 0.6 is 11.8 Å². The first-order chi connectivity index (χ1) is 7.56. The topological polar surface area (TPSA) is 103 Å². The number of carboxylic acids is 1. The number of aromatic carboxylic acids is 1. The number of esters is 1. The number of rotatable bonds is 4. The largest absolute Gasteiger partial charge is 0.478 e. The van der Waals surface area contributed by atoms with Gasteiger partial charge in [0.2, 0.25) is 0 Å². The number of carbonyl (C=O) groups is 2. The maximum Gasteiger partial charge on any atom is 0.337 e. The second-order valence-electron chi connectivity index (χ2n) is 2.75. The molecule has 0 aromatic carbocycles. The molecule has 1 aromatic rings. The Morgan fingerprint density at radius 2 is 2.31 bits per heavy atom. The summed E-state index contributed by atoms with van der Waals surface area (Å²) in [7, 11) is 1.27. The molecule has 0 saturated carbocycles. The van der Waals surface area contributed by atoms with E-state index in [1.807, 2.05) is 0 Å². The van der Waals surface area contributed by atoms with Crippen molar-refractivity contribution >= 4 is 29.4 Å². The molecule has 0 spiro atoms. The average molecular weight is 242 g/mol. The summed E-state index contributed by atoms with van der Waals surface area (Å²) >= 11 is 1.04. The second kappa shape index (κ2) is 5.36. The Labute approximate surface area is 95.8 Å². The SMILES string of the molecule is COC(=O)CSc1nccc(C(=O)O)c1N. The number of hydrogen-bond acceptors (Lipinski definition) is 6. The molecule has 3 N–H and O–H groups in total. The van der Waals surface area contributed by atoms with E-state index in [1.54, 1.807) is 0 Å². The fourth-order valence-corrected chi connectivity index (χ4v) is 1.72. The summed E-state index contributed by atoms with van der Waals surface area (Å²) in [4.78, 5) is 25.5. The zero-order chi connectivity index (χ0) is 12.1. The van der Waals surface area contributed by atoms with Gasteiger partial charge in [-0.15, -0.1) is 0 Å². The summed E-state index contributed by atoms with van der Waals surface area (Å²) in [5.41, 5.74) is 5.63. The number of anilines is 1. The molecule has 0 amide bonds. The highest BCUT2D eigenvalue weighted by Gasteiger charge is 2.13. The summed E-state index contributed by atoms with van der Waals surface area (Å²) < 4.78 is 4.44. The third kappa shape index (κ3) is 2.86. The lowest BCUT2D eigenvalue weighted by Crippen LogP contribution is -2.07. The molecule has 1 aromatic heterocycles. The quantitative estimate of drug-likeness (QED) is 0.589. The van der Waals surface area contributed by atoms with Crippen molar-refractivity contribution in [3.8, 4) is 0 Å². The van der Waals surface area contributed by atoms with E-state index >= 15 is 0 Å². The second-order valence-corrected chi connectivity index (χ2v) is 3.71. The monoisotopic (exact) mass is 242 g/mol. The zero-order valence-corrected chi connectivity index (χ0v) is 9.28. The number of aromatic nitrogens is 1. The van der Waals surface area contributed by atoms with E-state index < -0.39 is 11.9 Å². The summed E-state index contributed by atoms with van der Waals surface area (Å²) in [5.74, 6) is -1.51. The zero-order valence-electron chi connectivity index (χ0n) is 8.47. The van der Waals surface area contributed by atoms with Crippen molar-refractivity contribution in [3.05, 3.63) is 17.8 Å². The minimum Gasteiger partial charge on any atom is -0.478 e. The summed E-state index contributed by atoms with van der Waals surface area (Å²) in [6.07, 6.45) is 1.33. The molecule has 0 unspecified atom stereocenters. The maximum atomic E-state index is 10.9. The van der Waals surface area contributed by atoms with E-state index in [-0.39, 0.29) is 17.0 Å². The highest BCUT2D eigenvalue weighted by Crippen LogP contribution is 2.25. The number of nitrogen functional groups attached to an aromatic ring is 1. The normalized spacial score (nSPS) is 9.81. The Kier molecular flexibility index (Phi) is 4.12. The van der Waals surface area contributed by atoms with Gasteiger partial charge < -0.3 is 15.6 Å². The van der Waals surface area contributed by atoms with Crippen molar-refractivity contribution in [2.45, 2.75) is 5.03 Å². The molecule has 6 nitrogen and oxygen atoms in total. The van der Waals surface area contributed by atoms with Crippen LogP contribution in [-0.4, -0.2) is 34.9 Å². The van der Waals surface area contributed by atoms with Crippen molar-refractivity contribution in [2.24, 2.45) is 0 Å². The lowest BCUT2D eigenvalue weighted by molar-refractivity contribution is -0.137. The Morgan fingerprint density at radius 1 is 1.62 bits per heavy atom. The molecule has 0 atom stereocenters. The van der Waals surface area contributed by atoms with Gasteiger partial charge in [-0.3, -0.25) is 4.79 Å². The third-order valence-electron chi connectivity index (χ3n) is 1.74. The van der Waals surface area contributed by atoms with Gasteiger partial charge >= 0.3 is 11.9 Å². The predicted molar refractivity (Wildman–Crippen MR) is 58.3 cm³/mol. The van der Waals surface area contributed by atoms with Gasteiger partial charge in [0.25, 0.3) is 0 Å². The molecule has 0 aliphatic rings. The molecule has 0 radical (unpaired) electrons. The Bertz CT molecular complexity index is 422. The maximum absolute atomic E-state index is 10.9. The number of nitrogens with zero attached hydrogens (tertiary/aromatic N) is 1. The molecular formula is C9H10N2O4S. The Hall–Kier alpha value is -1.76. The van der Waals surface area contributed by atoms with E-state index in [9.17, 15) is 9.59 Å². The molecular weight excluding hydrogens is 232 g/mol. The standard InChI is InChI=1S/C9H10N2O4S/c1-15-6(12)4-16-8-7(10)5(9(13)14)2-3-11-8/h2-3H,4,10H2,1H3,(H,13,14). The number of pyridine rings is 1. The van der Waals surface area contributed by atoms with E-state index in [0.29, 0.717) is 5.03 Å². The first-order valence-corrected chi connectivity index (χ1v) is 5.22. The van der Waals surface area contributed by atoms with Crippen molar-refractivity contribution in [2.75, 3.05) is 18.6 Å². The Morgan fingerprint density at radius 3 is 2.88 bits per heavy atom. The minimum absolute atomic E-state index is 0.0256. The smallest absolute Gasteiger partial charge is 0.337 e. The molecule has 86 valence electrons. The van der Waals surface area contributed by atoms with Crippen LogP contribution in [0.2, 0.25) is 0 Å². The molecule has 0 aliphatic heterocycles. The molecule has 0 bridgehead atoms. The van der Waals surface area contributed by atoms with Gasteiger partial charge in [-0.1, -0.05) is 11.8 Å². The fourth-order valence-electron chi connectivity index (χ4n) is 0.942. The molecule has 0 aliphatic carbocycles. The first kappa shape index (κ1) is 12.3.